The van der Waals surface area contributed by atoms with Gasteiger partial charge in [0, 0.05) is 6.04 Å². The van der Waals surface area contributed by atoms with Crippen molar-refractivity contribution in [2.75, 3.05) is 6.54 Å². The van der Waals surface area contributed by atoms with Crippen molar-refractivity contribution in [1.29, 1.82) is 0 Å². The van der Waals surface area contributed by atoms with Crippen LogP contribution in [-0.4, -0.2) is 31.0 Å². The van der Waals surface area contributed by atoms with Crippen LogP contribution in [-0.2, 0) is 4.74 Å². The van der Waals surface area contributed by atoms with Gasteiger partial charge in [-0.25, -0.2) is 0 Å². The predicted octanol–water partition coefficient (Wildman–Crippen LogP) is 4.54. The number of hydrogen-bond donors (Lipinski definition) is 1. The molecule has 1 N–H and O–H groups in total. The van der Waals surface area contributed by atoms with Gasteiger partial charge in [-0.3, -0.25) is 0 Å². The van der Waals surface area contributed by atoms with Crippen molar-refractivity contribution in [2.45, 2.75) is 84.7 Å². The molecule has 0 heterocycles. The monoisotopic (exact) mass is 309 g/mol. The molecular formula is C16H30F3NO. The van der Waals surface area contributed by atoms with E-state index in [2.05, 4.69) is 33.0 Å². The summed E-state index contributed by atoms with van der Waals surface area (Å²) >= 11 is 0. The van der Waals surface area contributed by atoms with Crippen molar-refractivity contribution in [2.24, 2.45) is 11.3 Å². The molecule has 0 aliphatic heterocycles. The van der Waals surface area contributed by atoms with Crippen molar-refractivity contribution < 1.29 is 17.9 Å². The summed E-state index contributed by atoms with van der Waals surface area (Å²) in [6, 6.07) is 0.0355. The molecule has 0 aromatic carbocycles. The maximum absolute atomic E-state index is 12.8. The van der Waals surface area contributed by atoms with Gasteiger partial charge in [0.2, 0.25) is 0 Å². The lowest BCUT2D eigenvalue weighted by Crippen LogP contribution is -2.50. The molecule has 0 bridgehead atoms. The van der Waals surface area contributed by atoms with Gasteiger partial charge >= 0.3 is 6.18 Å². The topological polar surface area (TPSA) is 21.3 Å². The average molecular weight is 309 g/mol. The average Bonchev–Trinajstić information content (AvgIpc) is 2.34. The Kier molecular flexibility index (Phi) is 6.54. The van der Waals surface area contributed by atoms with Gasteiger partial charge in [0.25, 0.3) is 0 Å². The highest BCUT2D eigenvalue weighted by Crippen LogP contribution is 2.40. The first-order valence-electron chi connectivity index (χ1n) is 8.01. The minimum absolute atomic E-state index is 0.0355. The van der Waals surface area contributed by atoms with Crippen LogP contribution in [0, 0.1) is 11.3 Å². The molecule has 0 saturated heterocycles. The molecule has 1 aliphatic rings. The predicted molar refractivity (Wildman–Crippen MR) is 79.3 cm³/mol. The van der Waals surface area contributed by atoms with Crippen LogP contribution in [0.5, 0.6) is 0 Å². The quantitative estimate of drug-likeness (QED) is 0.805. The highest BCUT2D eigenvalue weighted by molar-refractivity contribution is 4.90. The van der Waals surface area contributed by atoms with Crippen LogP contribution in [0.15, 0.2) is 0 Å². The van der Waals surface area contributed by atoms with Crippen LogP contribution in [0.4, 0.5) is 13.2 Å². The van der Waals surface area contributed by atoms with E-state index in [-0.39, 0.29) is 17.6 Å². The van der Waals surface area contributed by atoms with E-state index in [4.69, 9.17) is 4.74 Å². The Morgan fingerprint density at radius 2 is 1.81 bits per heavy atom. The van der Waals surface area contributed by atoms with E-state index >= 15 is 0 Å². The van der Waals surface area contributed by atoms with Gasteiger partial charge in [-0.15, -0.1) is 0 Å². The number of rotatable bonds is 5. The Morgan fingerprint density at radius 1 is 1.19 bits per heavy atom. The number of nitrogens with one attached hydrogen (secondary N) is 1. The van der Waals surface area contributed by atoms with Crippen LogP contribution in [0.25, 0.3) is 0 Å². The van der Waals surface area contributed by atoms with Gasteiger partial charge in [-0.05, 0) is 50.5 Å². The molecule has 4 atom stereocenters. The summed E-state index contributed by atoms with van der Waals surface area (Å²) in [5.74, 6) is 0.405. The lowest BCUT2D eigenvalue weighted by Gasteiger charge is -2.43. The Hall–Kier alpha value is -0.290. The number of alkyl halides is 3. The van der Waals surface area contributed by atoms with E-state index in [1.165, 1.54) is 0 Å². The third kappa shape index (κ3) is 5.78. The fourth-order valence-electron chi connectivity index (χ4n) is 2.97. The molecule has 126 valence electrons. The maximum Gasteiger partial charge on any atom is 0.414 e. The minimum Gasteiger partial charge on any atom is -0.364 e. The van der Waals surface area contributed by atoms with E-state index in [0.29, 0.717) is 12.3 Å². The van der Waals surface area contributed by atoms with Crippen molar-refractivity contribution >= 4 is 0 Å². The van der Waals surface area contributed by atoms with Crippen LogP contribution < -0.4 is 5.32 Å². The summed E-state index contributed by atoms with van der Waals surface area (Å²) in [7, 11) is 0. The lowest BCUT2D eigenvalue weighted by molar-refractivity contribution is -0.234. The zero-order valence-electron chi connectivity index (χ0n) is 13.9. The summed E-state index contributed by atoms with van der Waals surface area (Å²) in [5.41, 5.74) is 0.110. The second-order valence-electron chi connectivity index (χ2n) is 7.29. The second-order valence-corrected chi connectivity index (χ2v) is 7.29. The summed E-state index contributed by atoms with van der Waals surface area (Å²) in [6.07, 6.45) is -2.74. The van der Waals surface area contributed by atoms with Crippen LogP contribution in [0.3, 0.4) is 0 Å². The Bertz CT molecular complexity index is 310. The molecule has 0 radical (unpaired) electrons. The zero-order chi connectivity index (χ0) is 16.3. The molecule has 0 aromatic heterocycles. The van der Waals surface area contributed by atoms with E-state index in [9.17, 15) is 13.2 Å². The van der Waals surface area contributed by atoms with Crippen molar-refractivity contribution in [3.8, 4) is 0 Å². The minimum atomic E-state index is -4.29. The van der Waals surface area contributed by atoms with Gasteiger partial charge in [0.1, 0.15) is 0 Å². The molecule has 0 aromatic rings. The lowest BCUT2D eigenvalue weighted by atomic mass is 9.70. The zero-order valence-corrected chi connectivity index (χ0v) is 13.9. The summed E-state index contributed by atoms with van der Waals surface area (Å²) in [4.78, 5) is 0. The summed E-state index contributed by atoms with van der Waals surface area (Å²) in [6.45, 7) is 10.5. The van der Waals surface area contributed by atoms with Crippen LogP contribution in [0.1, 0.15) is 60.3 Å². The van der Waals surface area contributed by atoms with E-state index in [1.807, 2.05) is 0 Å². The molecule has 0 spiro atoms. The van der Waals surface area contributed by atoms with Crippen molar-refractivity contribution in [3.63, 3.8) is 0 Å². The third-order valence-electron chi connectivity index (χ3n) is 4.51. The Morgan fingerprint density at radius 3 is 2.29 bits per heavy atom. The van der Waals surface area contributed by atoms with E-state index in [1.54, 1.807) is 0 Å². The number of halogens is 3. The molecule has 1 aliphatic carbocycles. The second kappa shape index (κ2) is 7.32. The fraction of sp³-hybridized carbons (Fsp3) is 1.00. The van der Waals surface area contributed by atoms with Gasteiger partial charge < -0.3 is 10.1 Å². The molecule has 1 fully saturated rings. The highest BCUT2D eigenvalue weighted by Gasteiger charge is 2.42. The SMILES string of the molecule is CCCNC1CCC(C(C)(C)C)CC1OC(C)C(F)(F)F. The standard InChI is InChI=1S/C16H30F3NO/c1-6-9-20-13-8-7-12(15(3,4)5)10-14(13)21-11(2)16(17,18)19/h11-14,20H,6-10H2,1-5H3. The van der Waals surface area contributed by atoms with Crippen LogP contribution in [0.2, 0.25) is 0 Å². The largest absolute Gasteiger partial charge is 0.414 e. The number of hydrogen-bond acceptors (Lipinski definition) is 2. The molecule has 4 unspecified atom stereocenters. The molecule has 1 rings (SSSR count). The summed E-state index contributed by atoms with van der Waals surface area (Å²) in [5, 5.41) is 3.36. The van der Waals surface area contributed by atoms with Gasteiger partial charge in [-0.2, -0.15) is 13.2 Å². The first kappa shape index (κ1) is 18.8. The Labute approximate surface area is 126 Å². The van der Waals surface area contributed by atoms with Gasteiger partial charge in [0.15, 0.2) is 6.10 Å². The summed E-state index contributed by atoms with van der Waals surface area (Å²) < 4.78 is 43.7. The van der Waals surface area contributed by atoms with E-state index in [0.717, 1.165) is 32.7 Å². The fourth-order valence-corrected chi connectivity index (χ4v) is 2.97. The van der Waals surface area contributed by atoms with Crippen molar-refractivity contribution in [1.82, 2.24) is 5.32 Å². The first-order chi connectivity index (χ1) is 9.55. The van der Waals surface area contributed by atoms with Crippen molar-refractivity contribution in [3.05, 3.63) is 0 Å². The van der Waals surface area contributed by atoms with Gasteiger partial charge in [0.05, 0.1) is 6.10 Å². The highest BCUT2D eigenvalue weighted by atomic mass is 19.4. The van der Waals surface area contributed by atoms with Crippen LogP contribution >= 0.6 is 0 Å². The van der Waals surface area contributed by atoms with Gasteiger partial charge in [-0.1, -0.05) is 27.7 Å². The first-order valence-corrected chi connectivity index (χ1v) is 8.01. The smallest absolute Gasteiger partial charge is 0.364 e. The maximum atomic E-state index is 12.8. The molecule has 2 nitrogen and oxygen atoms in total. The third-order valence-corrected chi connectivity index (χ3v) is 4.51. The normalized spacial score (nSPS) is 29.4. The molecule has 0 amide bonds. The molecule has 1 saturated carbocycles. The number of ether oxygens (including phenoxy) is 1. The Balaban J connectivity index is 2.73. The molecule has 5 heteroatoms. The molecular weight excluding hydrogens is 279 g/mol. The van der Waals surface area contributed by atoms with E-state index < -0.39 is 12.3 Å². The molecule has 21 heavy (non-hydrogen) atoms.